The van der Waals surface area contributed by atoms with Crippen molar-refractivity contribution in [2.75, 3.05) is 5.32 Å². The first-order chi connectivity index (χ1) is 14.5. The molecule has 1 aliphatic carbocycles. The van der Waals surface area contributed by atoms with Crippen LogP contribution >= 0.6 is 12.2 Å². The topological polar surface area (TPSA) is 91.8 Å². The lowest BCUT2D eigenvalue weighted by molar-refractivity contribution is -0.116. The Balaban J connectivity index is 1.37. The number of nitrogens with zero attached hydrogens (tertiary/aromatic N) is 2. The van der Waals surface area contributed by atoms with Crippen molar-refractivity contribution in [2.45, 2.75) is 38.8 Å². The van der Waals surface area contributed by atoms with Crippen LogP contribution in [-0.4, -0.2) is 32.6 Å². The van der Waals surface area contributed by atoms with Crippen molar-refractivity contribution >= 4 is 29.7 Å². The standard InChI is InChI=1S/C22H23N5O2S/c1-14-3-2-4-16(13-14)20-25-26-22(30)27(20)12-11-19(28)23-17-7-5-15(6-8-17)21(29)24-18-9-10-18/h2-8,13,18H,9-12H2,1H3,(H,23,28)(H,24,29)(H,26,30). The van der Waals surface area contributed by atoms with Gasteiger partial charge in [0.2, 0.25) is 5.91 Å². The molecule has 0 aliphatic heterocycles. The van der Waals surface area contributed by atoms with Crippen molar-refractivity contribution in [3.8, 4) is 11.4 Å². The van der Waals surface area contributed by atoms with Gasteiger partial charge in [-0.15, -0.1) is 0 Å². The van der Waals surface area contributed by atoms with Gasteiger partial charge in [-0.25, -0.2) is 0 Å². The average Bonchev–Trinajstić information content (AvgIpc) is 3.47. The largest absolute Gasteiger partial charge is 0.349 e. The molecule has 7 nitrogen and oxygen atoms in total. The number of hydrogen-bond acceptors (Lipinski definition) is 4. The average molecular weight is 422 g/mol. The van der Waals surface area contributed by atoms with Crippen molar-refractivity contribution in [1.29, 1.82) is 0 Å². The summed E-state index contributed by atoms with van der Waals surface area (Å²) in [6, 6.07) is 15.2. The molecule has 2 amide bonds. The second-order valence-electron chi connectivity index (χ2n) is 7.50. The highest BCUT2D eigenvalue weighted by atomic mass is 32.1. The number of benzene rings is 2. The van der Waals surface area contributed by atoms with Gasteiger partial charge in [0.1, 0.15) is 0 Å². The maximum absolute atomic E-state index is 12.4. The predicted molar refractivity (Wildman–Crippen MR) is 118 cm³/mol. The van der Waals surface area contributed by atoms with Crippen molar-refractivity contribution < 1.29 is 9.59 Å². The molecule has 2 aromatic carbocycles. The first-order valence-corrected chi connectivity index (χ1v) is 10.3. The Bertz CT molecular complexity index is 1130. The Morgan fingerprint density at radius 2 is 1.97 bits per heavy atom. The summed E-state index contributed by atoms with van der Waals surface area (Å²) in [4.78, 5) is 24.5. The maximum atomic E-state index is 12.4. The first kappa shape index (κ1) is 20.0. The minimum atomic E-state index is -0.136. The Kier molecular flexibility index (Phi) is 5.76. The lowest BCUT2D eigenvalue weighted by atomic mass is 10.1. The summed E-state index contributed by atoms with van der Waals surface area (Å²) in [5, 5.41) is 12.9. The van der Waals surface area contributed by atoms with E-state index in [0.717, 1.165) is 24.0 Å². The highest BCUT2D eigenvalue weighted by Gasteiger charge is 2.23. The van der Waals surface area contributed by atoms with Crippen LogP contribution in [0.25, 0.3) is 11.4 Å². The van der Waals surface area contributed by atoms with E-state index >= 15 is 0 Å². The summed E-state index contributed by atoms with van der Waals surface area (Å²) in [5.41, 5.74) is 3.31. The molecular formula is C22H23N5O2S. The fourth-order valence-corrected chi connectivity index (χ4v) is 3.39. The van der Waals surface area contributed by atoms with Crippen molar-refractivity contribution in [3.05, 3.63) is 64.4 Å². The van der Waals surface area contributed by atoms with Crippen LogP contribution in [0.3, 0.4) is 0 Å². The molecule has 1 fully saturated rings. The quantitative estimate of drug-likeness (QED) is 0.506. The number of aromatic nitrogens is 3. The Morgan fingerprint density at radius 3 is 2.67 bits per heavy atom. The van der Waals surface area contributed by atoms with Gasteiger partial charge in [0.25, 0.3) is 5.91 Å². The molecule has 0 radical (unpaired) electrons. The number of H-pyrrole nitrogens is 1. The van der Waals surface area contributed by atoms with E-state index in [1.54, 1.807) is 24.3 Å². The number of carbonyl (C=O) groups excluding carboxylic acids is 2. The van der Waals surface area contributed by atoms with Crippen LogP contribution in [0.15, 0.2) is 48.5 Å². The summed E-state index contributed by atoms with van der Waals surface area (Å²) in [6.45, 7) is 2.43. The third-order valence-corrected chi connectivity index (χ3v) is 5.25. The van der Waals surface area contributed by atoms with Gasteiger partial charge >= 0.3 is 0 Å². The molecule has 154 valence electrons. The fourth-order valence-electron chi connectivity index (χ4n) is 3.17. The molecule has 3 N–H and O–H groups in total. The zero-order valence-corrected chi connectivity index (χ0v) is 17.5. The molecule has 8 heteroatoms. The molecule has 30 heavy (non-hydrogen) atoms. The monoisotopic (exact) mass is 421 g/mol. The van der Waals surface area contributed by atoms with E-state index in [1.807, 2.05) is 35.8 Å². The summed E-state index contributed by atoms with van der Waals surface area (Å²) in [5.74, 6) is 0.499. The SMILES string of the molecule is Cc1cccc(-c2n[nH]c(=S)n2CCC(=O)Nc2ccc(C(=O)NC3CC3)cc2)c1. The summed E-state index contributed by atoms with van der Waals surface area (Å²) in [6.07, 6.45) is 2.34. The van der Waals surface area contributed by atoms with E-state index in [-0.39, 0.29) is 18.2 Å². The van der Waals surface area contributed by atoms with E-state index in [1.165, 1.54) is 0 Å². The zero-order chi connectivity index (χ0) is 21.1. The number of aromatic amines is 1. The second kappa shape index (κ2) is 8.62. The third-order valence-electron chi connectivity index (χ3n) is 4.94. The van der Waals surface area contributed by atoms with Crippen LogP contribution < -0.4 is 10.6 Å². The van der Waals surface area contributed by atoms with E-state index in [2.05, 4.69) is 20.8 Å². The van der Waals surface area contributed by atoms with E-state index in [0.29, 0.717) is 34.4 Å². The summed E-state index contributed by atoms with van der Waals surface area (Å²) >= 11 is 5.34. The number of aryl methyl sites for hydroxylation is 1. The van der Waals surface area contributed by atoms with Gasteiger partial charge in [-0.2, -0.15) is 5.10 Å². The number of rotatable bonds is 7. The highest BCUT2D eigenvalue weighted by molar-refractivity contribution is 7.71. The minimum absolute atomic E-state index is 0.0756. The van der Waals surface area contributed by atoms with Crippen LogP contribution in [0.2, 0.25) is 0 Å². The third kappa shape index (κ3) is 4.83. The number of hydrogen-bond donors (Lipinski definition) is 3. The molecule has 3 aromatic rings. The van der Waals surface area contributed by atoms with Gasteiger partial charge in [0.15, 0.2) is 10.6 Å². The minimum Gasteiger partial charge on any atom is -0.349 e. The Labute approximate surface area is 179 Å². The number of anilines is 1. The lowest BCUT2D eigenvalue weighted by Gasteiger charge is -2.09. The van der Waals surface area contributed by atoms with Gasteiger partial charge in [-0.1, -0.05) is 23.8 Å². The van der Waals surface area contributed by atoms with Crippen molar-refractivity contribution in [1.82, 2.24) is 20.1 Å². The highest BCUT2D eigenvalue weighted by Crippen LogP contribution is 2.20. The molecule has 0 saturated heterocycles. The van der Waals surface area contributed by atoms with Crippen molar-refractivity contribution in [2.24, 2.45) is 0 Å². The maximum Gasteiger partial charge on any atom is 0.251 e. The van der Waals surface area contributed by atoms with E-state index < -0.39 is 0 Å². The van der Waals surface area contributed by atoms with Crippen LogP contribution in [0.4, 0.5) is 5.69 Å². The molecule has 0 atom stereocenters. The van der Waals surface area contributed by atoms with Gasteiger partial charge in [0.05, 0.1) is 0 Å². The summed E-state index contributed by atoms with van der Waals surface area (Å²) in [7, 11) is 0. The number of nitrogens with one attached hydrogen (secondary N) is 3. The molecular weight excluding hydrogens is 398 g/mol. The molecule has 1 aromatic heterocycles. The Morgan fingerprint density at radius 1 is 1.20 bits per heavy atom. The van der Waals surface area contributed by atoms with E-state index in [9.17, 15) is 9.59 Å². The smallest absolute Gasteiger partial charge is 0.251 e. The summed E-state index contributed by atoms with van der Waals surface area (Å²) < 4.78 is 2.31. The lowest BCUT2D eigenvalue weighted by Crippen LogP contribution is -2.25. The normalized spacial score (nSPS) is 13.1. The number of amides is 2. The molecule has 0 bridgehead atoms. The van der Waals surface area contributed by atoms with Crippen LogP contribution in [0, 0.1) is 11.7 Å². The van der Waals surface area contributed by atoms with Crippen LogP contribution in [0.5, 0.6) is 0 Å². The second-order valence-corrected chi connectivity index (χ2v) is 7.88. The van der Waals surface area contributed by atoms with Gasteiger partial charge in [-0.3, -0.25) is 19.3 Å². The molecule has 1 aliphatic rings. The Hall–Kier alpha value is -3.26. The molecule has 1 saturated carbocycles. The zero-order valence-electron chi connectivity index (χ0n) is 16.6. The molecule has 0 spiro atoms. The molecule has 1 heterocycles. The molecule has 0 unspecified atom stereocenters. The first-order valence-electron chi connectivity index (χ1n) is 9.92. The van der Waals surface area contributed by atoms with Crippen LogP contribution in [-0.2, 0) is 11.3 Å². The fraction of sp³-hybridized carbons (Fsp3) is 0.273. The van der Waals surface area contributed by atoms with Gasteiger partial charge in [0, 0.05) is 35.8 Å². The van der Waals surface area contributed by atoms with Crippen molar-refractivity contribution in [3.63, 3.8) is 0 Å². The number of carbonyl (C=O) groups is 2. The van der Waals surface area contributed by atoms with Crippen LogP contribution in [0.1, 0.15) is 35.2 Å². The van der Waals surface area contributed by atoms with E-state index in [4.69, 9.17) is 12.2 Å². The molecule has 4 rings (SSSR count). The van der Waals surface area contributed by atoms with Gasteiger partial charge in [-0.05, 0) is 62.3 Å². The van der Waals surface area contributed by atoms with Gasteiger partial charge < -0.3 is 10.6 Å². The predicted octanol–water partition coefficient (Wildman–Crippen LogP) is 3.84.